The van der Waals surface area contributed by atoms with Gasteiger partial charge in [0.1, 0.15) is 5.69 Å². The first-order chi connectivity index (χ1) is 8.30. The highest BCUT2D eigenvalue weighted by molar-refractivity contribution is 5.98. The van der Waals surface area contributed by atoms with Gasteiger partial charge in [0, 0.05) is 13.1 Å². The number of aromatic nitrogens is 2. The number of amides is 1. The summed E-state index contributed by atoms with van der Waals surface area (Å²) in [6, 6.07) is 0.252. The van der Waals surface area contributed by atoms with Gasteiger partial charge in [-0.3, -0.25) is 9.48 Å². The number of rotatable bonds is 2. The third-order valence-corrected chi connectivity index (χ3v) is 3.79. The third-order valence-electron chi connectivity index (χ3n) is 3.79. The van der Waals surface area contributed by atoms with E-state index < -0.39 is 0 Å². The number of nitrogen functional groups attached to an aromatic ring is 1. The summed E-state index contributed by atoms with van der Waals surface area (Å²) in [5.74, 6) is -0.113. The third kappa shape index (κ3) is 2.35. The van der Waals surface area contributed by atoms with Crippen LogP contribution in [0.15, 0.2) is 0 Å². The zero-order valence-electron chi connectivity index (χ0n) is 11.6. The number of hydrogen-bond donors (Lipinski definition) is 2. The van der Waals surface area contributed by atoms with Crippen molar-refractivity contribution in [1.29, 1.82) is 0 Å². The lowest BCUT2D eigenvalue weighted by atomic mass is 9.92. The Balaban J connectivity index is 2.09. The second kappa shape index (κ2) is 4.30. The Morgan fingerprint density at radius 3 is 2.67 bits per heavy atom. The number of nitrogens with one attached hydrogen (secondary N) is 1. The van der Waals surface area contributed by atoms with Gasteiger partial charge >= 0.3 is 0 Å². The molecule has 3 N–H and O–H groups in total. The highest BCUT2D eigenvalue weighted by atomic mass is 16.2. The van der Waals surface area contributed by atoms with E-state index in [0.717, 1.165) is 19.3 Å². The van der Waals surface area contributed by atoms with Gasteiger partial charge in [-0.2, -0.15) is 5.10 Å². The van der Waals surface area contributed by atoms with E-state index in [4.69, 9.17) is 5.73 Å². The van der Waals surface area contributed by atoms with Crippen LogP contribution in [0.4, 0.5) is 5.69 Å². The molecule has 0 bridgehead atoms. The molecule has 1 aliphatic rings. The zero-order valence-corrected chi connectivity index (χ0v) is 11.6. The van der Waals surface area contributed by atoms with Gasteiger partial charge < -0.3 is 11.1 Å². The maximum absolute atomic E-state index is 12.2. The number of nitrogens with zero attached hydrogens (tertiary/aromatic N) is 2. The predicted molar refractivity (Wildman–Crippen MR) is 71.2 cm³/mol. The molecule has 5 nitrogen and oxygen atoms in total. The van der Waals surface area contributed by atoms with Gasteiger partial charge in [0.25, 0.3) is 5.91 Å². The lowest BCUT2D eigenvalue weighted by molar-refractivity contribution is 0.0927. The first kappa shape index (κ1) is 12.9. The minimum atomic E-state index is -0.113. The smallest absolute Gasteiger partial charge is 0.271 e. The standard InChI is InChI=1S/C13H22N4O/c1-8-10(14)11(17(4)16-8)12(18)15-9-5-6-13(2,3)7-9/h9H,5-7,14H2,1-4H3,(H,15,18). The largest absolute Gasteiger partial charge is 0.395 e. The van der Waals surface area contributed by atoms with Crippen molar-refractivity contribution in [3.8, 4) is 0 Å². The zero-order chi connectivity index (χ0) is 13.5. The minimum Gasteiger partial charge on any atom is -0.395 e. The van der Waals surface area contributed by atoms with E-state index in [2.05, 4.69) is 24.3 Å². The number of hydrogen-bond acceptors (Lipinski definition) is 3. The fraction of sp³-hybridized carbons (Fsp3) is 0.692. The van der Waals surface area contributed by atoms with E-state index in [-0.39, 0.29) is 11.9 Å². The molecule has 1 aromatic rings. The van der Waals surface area contributed by atoms with Gasteiger partial charge in [0.05, 0.1) is 11.4 Å². The molecule has 1 saturated carbocycles. The highest BCUT2D eigenvalue weighted by Crippen LogP contribution is 2.37. The molecule has 1 aromatic heterocycles. The van der Waals surface area contributed by atoms with Crippen LogP contribution in [0.3, 0.4) is 0 Å². The van der Waals surface area contributed by atoms with Crippen LogP contribution in [0, 0.1) is 12.3 Å². The first-order valence-electron chi connectivity index (χ1n) is 6.40. The van der Waals surface area contributed by atoms with Gasteiger partial charge in [0.15, 0.2) is 0 Å². The molecule has 0 saturated heterocycles. The molecule has 1 unspecified atom stereocenters. The maximum atomic E-state index is 12.2. The molecule has 100 valence electrons. The molecule has 18 heavy (non-hydrogen) atoms. The van der Waals surface area contributed by atoms with E-state index in [9.17, 15) is 4.79 Å². The van der Waals surface area contributed by atoms with E-state index in [1.54, 1.807) is 11.7 Å². The number of nitrogens with two attached hydrogens (primary N) is 1. The molecule has 0 radical (unpaired) electrons. The Morgan fingerprint density at radius 1 is 1.56 bits per heavy atom. The lowest BCUT2D eigenvalue weighted by Gasteiger charge is -2.18. The fourth-order valence-electron chi connectivity index (χ4n) is 2.76. The van der Waals surface area contributed by atoms with Crippen molar-refractivity contribution in [2.24, 2.45) is 12.5 Å². The Morgan fingerprint density at radius 2 is 2.22 bits per heavy atom. The molecular weight excluding hydrogens is 228 g/mol. The predicted octanol–water partition coefficient (Wildman–Crippen LogP) is 1.62. The number of anilines is 1. The quantitative estimate of drug-likeness (QED) is 0.837. The topological polar surface area (TPSA) is 72.9 Å². The summed E-state index contributed by atoms with van der Waals surface area (Å²) < 4.78 is 1.56. The monoisotopic (exact) mass is 250 g/mol. The van der Waals surface area contributed by atoms with Crippen LogP contribution >= 0.6 is 0 Å². The average Bonchev–Trinajstić information content (AvgIpc) is 2.68. The molecule has 1 aliphatic carbocycles. The Bertz CT molecular complexity index is 476. The summed E-state index contributed by atoms with van der Waals surface area (Å²) in [7, 11) is 1.75. The Labute approximate surface area is 108 Å². The summed E-state index contributed by atoms with van der Waals surface area (Å²) in [6.07, 6.45) is 3.21. The van der Waals surface area contributed by atoms with Crippen LogP contribution in [0.5, 0.6) is 0 Å². The fourth-order valence-corrected chi connectivity index (χ4v) is 2.76. The molecule has 1 heterocycles. The lowest BCUT2D eigenvalue weighted by Crippen LogP contribution is -2.35. The molecular formula is C13H22N4O. The van der Waals surface area contributed by atoms with E-state index >= 15 is 0 Å². The molecule has 1 atom stereocenters. The van der Waals surface area contributed by atoms with Crippen molar-refractivity contribution in [2.45, 2.75) is 46.1 Å². The van der Waals surface area contributed by atoms with Gasteiger partial charge in [-0.25, -0.2) is 0 Å². The molecule has 5 heteroatoms. The van der Waals surface area contributed by atoms with Crippen LogP contribution in [0.2, 0.25) is 0 Å². The van der Waals surface area contributed by atoms with Crippen molar-refractivity contribution in [1.82, 2.24) is 15.1 Å². The van der Waals surface area contributed by atoms with Crippen molar-refractivity contribution in [2.75, 3.05) is 5.73 Å². The van der Waals surface area contributed by atoms with Gasteiger partial charge in [0.2, 0.25) is 0 Å². The number of aryl methyl sites for hydroxylation is 2. The van der Waals surface area contributed by atoms with Crippen LogP contribution in [0.1, 0.15) is 49.3 Å². The van der Waals surface area contributed by atoms with Crippen molar-refractivity contribution in [3.63, 3.8) is 0 Å². The van der Waals surface area contributed by atoms with Gasteiger partial charge in [-0.05, 0) is 31.6 Å². The molecule has 1 amide bonds. The molecule has 0 aromatic carbocycles. The summed E-state index contributed by atoms with van der Waals surface area (Å²) in [5.41, 5.74) is 7.86. The van der Waals surface area contributed by atoms with Gasteiger partial charge in [-0.15, -0.1) is 0 Å². The summed E-state index contributed by atoms with van der Waals surface area (Å²) in [4.78, 5) is 12.2. The van der Waals surface area contributed by atoms with Crippen LogP contribution < -0.4 is 11.1 Å². The van der Waals surface area contributed by atoms with E-state index in [1.807, 2.05) is 6.92 Å². The molecule has 2 rings (SSSR count). The number of carbonyl (C=O) groups excluding carboxylic acids is 1. The van der Waals surface area contributed by atoms with E-state index in [1.165, 1.54) is 0 Å². The molecule has 1 fully saturated rings. The molecule has 0 spiro atoms. The highest BCUT2D eigenvalue weighted by Gasteiger charge is 2.32. The van der Waals surface area contributed by atoms with Crippen LogP contribution in [-0.2, 0) is 7.05 Å². The Hall–Kier alpha value is -1.52. The summed E-state index contributed by atoms with van der Waals surface area (Å²) in [6.45, 7) is 6.29. The number of carbonyl (C=O) groups is 1. The normalized spacial score (nSPS) is 22.1. The Kier molecular flexibility index (Phi) is 3.09. The maximum Gasteiger partial charge on any atom is 0.271 e. The van der Waals surface area contributed by atoms with Crippen LogP contribution in [0.25, 0.3) is 0 Å². The van der Waals surface area contributed by atoms with Crippen LogP contribution in [-0.4, -0.2) is 21.7 Å². The second-order valence-corrected chi connectivity index (χ2v) is 6.05. The van der Waals surface area contributed by atoms with Crippen molar-refractivity contribution >= 4 is 11.6 Å². The van der Waals surface area contributed by atoms with Gasteiger partial charge in [-0.1, -0.05) is 13.8 Å². The summed E-state index contributed by atoms with van der Waals surface area (Å²) >= 11 is 0. The van der Waals surface area contributed by atoms with Crippen molar-refractivity contribution in [3.05, 3.63) is 11.4 Å². The first-order valence-corrected chi connectivity index (χ1v) is 6.40. The van der Waals surface area contributed by atoms with Crippen molar-refractivity contribution < 1.29 is 4.79 Å². The SMILES string of the molecule is Cc1nn(C)c(C(=O)NC2CCC(C)(C)C2)c1N. The average molecular weight is 250 g/mol. The minimum absolute atomic E-state index is 0.113. The van der Waals surface area contributed by atoms with E-state index in [0.29, 0.717) is 22.5 Å². The molecule has 0 aliphatic heterocycles. The second-order valence-electron chi connectivity index (χ2n) is 6.05. The summed E-state index contributed by atoms with van der Waals surface area (Å²) in [5, 5.41) is 7.23.